The number of hydrogen-bond donors (Lipinski definition) is 1. The zero-order chi connectivity index (χ0) is 17.8. The molecule has 132 valence electrons. The molecule has 2 atom stereocenters. The fourth-order valence-corrected chi connectivity index (χ4v) is 3.82. The maximum Gasteiger partial charge on any atom is 0.317 e. The molecule has 0 amide bonds. The summed E-state index contributed by atoms with van der Waals surface area (Å²) in [5.41, 5.74) is 2.55. The van der Waals surface area contributed by atoms with Crippen LogP contribution < -0.4 is 0 Å². The van der Waals surface area contributed by atoms with Gasteiger partial charge in [-0.05, 0) is 25.0 Å². The van der Waals surface area contributed by atoms with Gasteiger partial charge in [-0.1, -0.05) is 60.7 Å². The summed E-state index contributed by atoms with van der Waals surface area (Å²) >= 11 is 0. The molecule has 0 aliphatic carbocycles. The first-order chi connectivity index (χ1) is 12.1. The van der Waals surface area contributed by atoms with Gasteiger partial charge in [0, 0.05) is 25.2 Å². The topological polar surface area (TPSA) is 43.8 Å². The number of carbonyl (C=O) groups is 1. The Bertz CT molecular complexity index is 650. The molecule has 1 saturated heterocycles. The van der Waals surface area contributed by atoms with Gasteiger partial charge < -0.3 is 5.11 Å². The van der Waals surface area contributed by atoms with Crippen LogP contribution in [0, 0.1) is 0 Å². The average molecular weight is 338 g/mol. The lowest BCUT2D eigenvalue weighted by Gasteiger charge is -2.47. The summed E-state index contributed by atoms with van der Waals surface area (Å²) in [5, 5.41) is 9.15. The number of carboxylic acid groups (broad SMARTS) is 1. The van der Waals surface area contributed by atoms with Gasteiger partial charge in [-0.3, -0.25) is 14.6 Å². The lowest BCUT2D eigenvalue weighted by atomic mass is 9.93. The van der Waals surface area contributed by atoms with Crippen LogP contribution in [0.4, 0.5) is 0 Å². The quantitative estimate of drug-likeness (QED) is 0.909. The van der Waals surface area contributed by atoms with Gasteiger partial charge in [0.05, 0.1) is 12.6 Å². The second-order valence-electron chi connectivity index (χ2n) is 6.94. The first-order valence-corrected chi connectivity index (χ1v) is 8.87. The van der Waals surface area contributed by atoms with E-state index in [9.17, 15) is 4.79 Å². The molecule has 1 aliphatic rings. The predicted molar refractivity (Wildman–Crippen MR) is 99.6 cm³/mol. The smallest absolute Gasteiger partial charge is 0.317 e. The molecule has 0 saturated carbocycles. The minimum Gasteiger partial charge on any atom is -0.480 e. The molecule has 4 heteroatoms. The Hall–Kier alpha value is -2.17. The van der Waals surface area contributed by atoms with Crippen LogP contribution in [-0.4, -0.2) is 52.6 Å². The monoisotopic (exact) mass is 338 g/mol. The van der Waals surface area contributed by atoms with Crippen molar-refractivity contribution in [2.75, 3.05) is 19.6 Å². The van der Waals surface area contributed by atoms with Crippen molar-refractivity contribution < 1.29 is 9.90 Å². The second-order valence-corrected chi connectivity index (χ2v) is 6.94. The van der Waals surface area contributed by atoms with Crippen molar-refractivity contribution in [2.45, 2.75) is 32.0 Å². The minimum absolute atomic E-state index is 0.112. The third kappa shape index (κ3) is 4.09. The fraction of sp³-hybridized carbons (Fsp3) is 0.381. The Balaban J connectivity index is 1.91. The summed E-state index contributed by atoms with van der Waals surface area (Å²) in [7, 11) is 0. The zero-order valence-corrected chi connectivity index (χ0v) is 14.9. The molecule has 1 aliphatic heterocycles. The van der Waals surface area contributed by atoms with Crippen molar-refractivity contribution in [3.05, 3.63) is 71.8 Å². The molecule has 0 bridgehead atoms. The lowest BCUT2D eigenvalue weighted by molar-refractivity contribution is -0.140. The third-order valence-corrected chi connectivity index (χ3v) is 5.06. The first kappa shape index (κ1) is 17.6. The van der Waals surface area contributed by atoms with Crippen LogP contribution in [0.25, 0.3) is 0 Å². The maximum absolute atomic E-state index is 11.1. The summed E-state index contributed by atoms with van der Waals surface area (Å²) < 4.78 is 0. The van der Waals surface area contributed by atoms with Crippen LogP contribution in [0.15, 0.2) is 60.7 Å². The Morgan fingerprint density at radius 3 is 1.96 bits per heavy atom. The highest BCUT2D eigenvalue weighted by molar-refractivity contribution is 5.69. The molecule has 3 rings (SSSR count). The Morgan fingerprint density at radius 1 is 0.960 bits per heavy atom. The van der Waals surface area contributed by atoms with Crippen LogP contribution in [0.2, 0.25) is 0 Å². The van der Waals surface area contributed by atoms with E-state index in [0.717, 1.165) is 13.1 Å². The molecule has 1 fully saturated rings. The summed E-state index contributed by atoms with van der Waals surface area (Å²) in [6, 6.07) is 21.8. The molecule has 0 radical (unpaired) electrons. The SMILES string of the molecule is C[C@@H]1CN(CC(=O)O)[C@@H](C)CN1C(c1ccccc1)c1ccccc1. The molecule has 25 heavy (non-hydrogen) atoms. The van der Waals surface area contributed by atoms with Gasteiger partial charge in [0.25, 0.3) is 0 Å². The van der Waals surface area contributed by atoms with Crippen LogP contribution in [0.3, 0.4) is 0 Å². The van der Waals surface area contributed by atoms with Gasteiger partial charge in [0.2, 0.25) is 0 Å². The Morgan fingerprint density at radius 2 is 1.48 bits per heavy atom. The van der Waals surface area contributed by atoms with E-state index in [0.29, 0.717) is 0 Å². The first-order valence-electron chi connectivity index (χ1n) is 8.87. The number of rotatable bonds is 5. The number of aliphatic carboxylic acids is 1. The molecule has 4 nitrogen and oxygen atoms in total. The molecule has 2 aromatic rings. The molecule has 2 aromatic carbocycles. The number of benzene rings is 2. The predicted octanol–water partition coefficient (Wildman–Crippen LogP) is 3.26. The molecular formula is C21H26N2O2. The van der Waals surface area contributed by atoms with E-state index in [1.54, 1.807) is 0 Å². The second kappa shape index (κ2) is 7.81. The summed E-state index contributed by atoms with van der Waals surface area (Å²) in [5.74, 6) is -0.754. The van der Waals surface area contributed by atoms with Crippen LogP contribution in [0.1, 0.15) is 31.0 Å². The van der Waals surface area contributed by atoms with Crippen molar-refractivity contribution in [3.63, 3.8) is 0 Å². The number of hydrogen-bond acceptors (Lipinski definition) is 3. The van der Waals surface area contributed by atoms with Crippen molar-refractivity contribution >= 4 is 5.97 Å². The van der Waals surface area contributed by atoms with Gasteiger partial charge >= 0.3 is 5.97 Å². The van der Waals surface area contributed by atoms with Gasteiger partial charge in [-0.2, -0.15) is 0 Å². The molecule has 1 heterocycles. The van der Waals surface area contributed by atoms with Crippen molar-refractivity contribution in [1.29, 1.82) is 0 Å². The largest absolute Gasteiger partial charge is 0.480 e. The molecule has 0 aromatic heterocycles. The van der Waals surface area contributed by atoms with Gasteiger partial charge in [-0.15, -0.1) is 0 Å². The van der Waals surface area contributed by atoms with Crippen molar-refractivity contribution in [2.24, 2.45) is 0 Å². The average Bonchev–Trinajstić information content (AvgIpc) is 2.61. The highest BCUT2D eigenvalue weighted by Crippen LogP contribution is 2.32. The summed E-state index contributed by atoms with van der Waals surface area (Å²) in [6.45, 7) is 6.04. The van der Waals surface area contributed by atoms with Crippen LogP contribution >= 0.6 is 0 Å². The lowest BCUT2D eigenvalue weighted by Crippen LogP contribution is -2.58. The Kier molecular flexibility index (Phi) is 5.51. The van der Waals surface area contributed by atoms with Crippen molar-refractivity contribution in [3.8, 4) is 0 Å². The third-order valence-electron chi connectivity index (χ3n) is 5.06. The van der Waals surface area contributed by atoms with Gasteiger partial charge in [0.15, 0.2) is 0 Å². The van der Waals surface area contributed by atoms with E-state index in [2.05, 4.69) is 72.2 Å². The van der Waals surface area contributed by atoms with E-state index in [-0.39, 0.29) is 24.7 Å². The van der Waals surface area contributed by atoms with E-state index in [1.165, 1.54) is 11.1 Å². The number of carboxylic acids is 1. The fourth-order valence-electron chi connectivity index (χ4n) is 3.82. The van der Waals surface area contributed by atoms with E-state index < -0.39 is 5.97 Å². The van der Waals surface area contributed by atoms with E-state index in [4.69, 9.17) is 5.11 Å². The van der Waals surface area contributed by atoms with E-state index in [1.807, 2.05) is 12.1 Å². The standard InChI is InChI=1S/C21H26N2O2/c1-16-14-23(17(2)13-22(16)15-20(24)25)21(18-9-5-3-6-10-18)19-11-7-4-8-12-19/h3-12,16-17,21H,13-15H2,1-2H3,(H,24,25)/t16-,17+/m0/s1. The van der Waals surface area contributed by atoms with Crippen LogP contribution in [0.5, 0.6) is 0 Å². The summed E-state index contributed by atoms with van der Waals surface area (Å²) in [4.78, 5) is 15.7. The normalized spacial score (nSPS) is 22.2. The highest BCUT2D eigenvalue weighted by atomic mass is 16.4. The molecule has 0 spiro atoms. The van der Waals surface area contributed by atoms with E-state index >= 15 is 0 Å². The van der Waals surface area contributed by atoms with Crippen LogP contribution in [-0.2, 0) is 4.79 Å². The summed E-state index contributed by atoms with van der Waals surface area (Å²) in [6.07, 6.45) is 0. The number of nitrogens with zero attached hydrogens (tertiary/aromatic N) is 2. The molecule has 0 unspecified atom stereocenters. The number of piperazine rings is 1. The highest BCUT2D eigenvalue weighted by Gasteiger charge is 2.35. The maximum atomic E-state index is 11.1. The minimum atomic E-state index is -0.754. The molecule has 1 N–H and O–H groups in total. The molecular weight excluding hydrogens is 312 g/mol. The van der Waals surface area contributed by atoms with Gasteiger partial charge in [0.1, 0.15) is 0 Å². The van der Waals surface area contributed by atoms with Crippen molar-refractivity contribution in [1.82, 2.24) is 9.80 Å². The zero-order valence-electron chi connectivity index (χ0n) is 14.9. The van der Waals surface area contributed by atoms with Gasteiger partial charge in [-0.25, -0.2) is 0 Å². The Labute approximate surface area is 149 Å².